The Labute approximate surface area is 71.1 Å². The maximum Gasteiger partial charge on any atom is 0.569 e. The van der Waals surface area contributed by atoms with Crippen LogP contribution in [0.4, 0.5) is 0 Å². The molecule has 1 aromatic rings. The zero-order chi connectivity index (χ0) is 8.27. The molecule has 0 unspecified atom stereocenters. The first-order chi connectivity index (χ1) is 5.24. The van der Waals surface area contributed by atoms with E-state index in [-0.39, 0.29) is 0 Å². The second kappa shape index (κ2) is 3.65. The fourth-order valence-corrected chi connectivity index (χ4v) is 1.04. The van der Waals surface area contributed by atoms with E-state index in [1.165, 1.54) is 0 Å². The predicted octanol–water partition coefficient (Wildman–Crippen LogP) is 1.55. The highest BCUT2D eigenvalue weighted by atomic mass is 35.5. The summed E-state index contributed by atoms with van der Waals surface area (Å²) in [5.41, 5.74) is 1.06. The first-order valence-electron chi connectivity index (χ1n) is 3.13. The third-order valence-corrected chi connectivity index (χ3v) is 1.56. The van der Waals surface area contributed by atoms with Crippen LogP contribution in [-0.2, 0) is 0 Å². The van der Waals surface area contributed by atoms with Crippen molar-refractivity contribution in [2.24, 2.45) is 0 Å². The maximum atomic E-state index is 8.31. The zero-order valence-electron chi connectivity index (χ0n) is 6.04. The summed E-state index contributed by atoms with van der Waals surface area (Å²) in [7, 11) is 0.608. The Balaban J connectivity index is 2.90. The second-order valence-electron chi connectivity index (χ2n) is 2.16. The van der Waals surface area contributed by atoms with E-state index in [4.69, 9.17) is 21.3 Å². The molecule has 1 rings (SSSR count). The number of hydrogen-bond donors (Lipinski definition) is 1. The van der Waals surface area contributed by atoms with Crippen LogP contribution >= 0.6 is 11.6 Å². The Morgan fingerprint density at radius 2 is 2.27 bits per heavy atom. The van der Waals surface area contributed by atoms with E-state index < -0.39 is 0 Å². The second-order valence-corrected chi connectivity index (χ2v) is 2.56. The molecule has 57 valence electrons. The molecule has 0 heterocycles. The summed E-state index contributed by atoms with van der Waals surface area (Å²) >= 11 is 5.75. The average Bonchev–Trinajstić information content (AvgIpc) is 1.95. The van der Waals surface area contributed by atoms with Crippen molar-refractivity contribution in [3.8, 4) is 5.75 Å². The summed E-state index contributed by atoms with van der Waals surface area (Å²) in [4.78, 5) is 0. The maximum absolute atomic E-state index is 8.31. The molecule has 1 aromatic carbocycles. The van der Waals surface area contributed by atoms with E-state index >= 15 is 0 Å². The highest BCUT2D eigenvalue weighted by Crippen LogP contribution is 2.24. The van der Waals surface area contributed by atoms with Crippen molar-refractivity contribution in [1.29, 1.82) is 0 Å². The van der Waals surface area contributed by atoms with Gasteiger partial charge >= 0.3 is 7.69 Å². The molecular weight excluding hydrogens is 162 g/mol. The molecule has 0 spiro atoms. The topological polar surface area (TPSA) is 29.5 Å². The Morgan fingerprint density at radius 1 is 1.55 bits per heavy atom. The lowest BCUT2D eigenvalue weighted by Crippen LogP contribution is -2.00. The number of hydrogen-bond acceptors (Lipinski definition) is 2. The van der Waals surface area contributed by atoms with Crippen LogP contribution in [-0.4, -0.2) is 12.7 Å². The van der Waals surface area contributed by atoms with Crippen molar-refractivity contribution in [2.75, 3.05) is 0 Å². The zero-order valence-corrected chi connectivity index (χ0v) is 6.80. The molecule has 4 heteroatoms. The van der Waals surface area contributed by atoms with Gasteiger partial charge in [0, 0.05) is 0 Å². The molecule has 1 N–H and O–H groups in total. The normalized spacial score (nSPS) is 9.36. The lowest BCUT2D eigenvalue weighted by Gasteiger charge is -2.03. The molecular formula is C7H7BClO2. The van der Waals surface area contributed by atoms with Crippen LogP contribution < -0.4 is 4.65 Å². The quantitative estimate of drug-likeness (QED) is 0.681. The van der Waals surface area contributed by atoms with Crippen LogP contribution in [0.3, 0.4) is 0 Å². The summed E-state index contributed by atoms with van der Waals surface area (Å²) in [6, 6.07) is 5.31. The van der Waals surface area contributed by atoms with Crippen molar-refractivity contribution in [2.45, 2.75) is 6.92 Å². The van der Waals surface area contributed by atoms with Gasteiger partial charge in [-0.15, -0.1) is 0 Å². The molecule has 0 aliphatic heterocycles. The van der Waals surface area contributed by atoms with Crippen molar-refractivity contribution in [3.63, 3.8) is 0 Å². The largest absolute Gasteiger partial charge is 0.569 e. The van der Waals surface area contributed by atoms with E-state index in [1.807, 2.05) is 13.0 Å². The Hall–Kier alpha value is -0.665. The number of halogens is 1. The third kappa shape index (κ3) is 2.14. The van der Waals surface area contributed by atoms with Gasteiger partial charge in [-0.05, 0) is 24.6 Å². The highest BCUT2D eigenvalue weighted by Gasteiger charge is 2.00. The number of aryl methyl sites for hydroxylation is 1. The number of rotatable bonds is 2. The van der Waals surface area contributed by atoms with E-state index in [9.17, 15) is 0 Å². The molecule has 2 nitrogen and oxygen atoms in total. The molecule has 0 amide bonds. The van der Waals surface area contributed by atoms with Gasteiger partial charge < -0.3 is 9.68 Å². The van der Waals surface area contributed by atoms with Crippen LogP contribution in [0.1, 0.15) is 5.56 Å². The summed E-state index contributed by atoms with van der Waals surface area (Å²) < 4.78 is 4.69. The molecule has 0 aliphatic rings. The average molecular weight is 169 g/mol. The van der Waals surface area contributed by atoms with Gasteiger partial charge in [0.1, 0.15) is 5.75 Å². The van der Waals surface area contributed by atoms with Crippen molar-refractivity contribution in [3.05, 3.63) is 28.8 Å². The summed E-state index contributed by atoms with van der Waals surface area (Å²) in [6.45, 7) is 1.93. The van der Waals surface area contributed by atoms with Gasteiger partial charge in [0.25, 0.3) is 0 Å². The lowest BCUT2D eigenvalue weighted by atomic mass is 10.2. The molecule has 11 heavy (non-hydrogen) atoms. The van der Waals surface area contributed by atoms with Gasteiger partial charge in [-0.1, -0.05) is 17.7 Å². The summed E-state index contributed by atoms with van der Waals surface area (Å²) in [5, 5.41) is 8.80. The van der Waals surface area contributed by atoms with Gasteiger partial charge in [-0.2, -0.15) is 0 Å². The van der Waals surface area contributed by atoms with E-state index in [2.05, 4.69) is 0 Å². The first kappa shape index (κ1) is 8.43. The molecule has 0 bridgehead atoms. The van der Waals surface area contributed by atoms with Gasteiger partial charge in [-0.25, -0.2) is 0 Å². The van der Waals surface area contributed by atoms with E-state index in [0.717, 1.165) is 5.56 Å². The summed E-state index contributed by atoms with van der Waals surface area (Å²) in [5.74, 6) is 0.458. The predicted molar refractivity (Wildman–Crippen MR) is 44.8 cm³/mol. The van der Waals surface area contributed by atoms with E-state index in [0.29, 0.717) is 18.5 Å². The minimum Gasteiger partial charge on any atom is -0.536 e. The molecule has 0 saturated carbocycles. The molecule has 0 aliphatic carbocycles. The first-order valence-corrected chi connectivity index (χ1v) is 3.50. The SMILES string of the molecule is Cc1ccc(O[B]O)c(Cl)c1. The minimum atomic E-state index is 0.458. The molecule has 0 saturated heterocycles. The fraction of sp³-hybridized carbons (Fsp3) is 0.143. The Bertz CT molecular complexity index is 252. The monoisotopic (exact) mass is 169 g/mol. The molecule has 0 aromatic heterocycles. The smallest absolute Gasteiger partial charge is 0.536 e. The van der Waals surface area contributed by atoms with Crippen LogP contribution in [0.2, 0.25) is 5.02 Å². The van der Waals surface area contributed by atoms with Crippen molar-refractivity contribution < 1.29 is 9.68 Å². The highest BCUT2D eigenvalue weighted by molar-refractivity contribution is 6.32. The van der Waals surface area contributed by atoms with Crippen LogP contribution in [0.15, 0.2) is 18.2 Å². The standard InChI is InChI=1S/C7H7BClO2/c1-5-2-3-7(11-8-10)6(9)4-5/h2-4,10H,1H3. The number of benzene rings is 1. The van der Waals surface area contributed by atoms with Crippen LogP contribution in [0.5, 0.6) is 5.75 Å². The molecule has 0 atom stereocenters. The van der Waals surface area contributed by atoms with Crippen molar-refractivity contribution in [1.82, 2.24) is 0 Å². The van der Waals surface area contributed by atoms with Gasteiger partial charge in [0.05, 0.1) is 5.02 Å². The lowest BCUT2D eigenvalue weighted by molar-refractivity contribution is 0.454. The van der Waals surface area contributed by atoms with E-state index in [1.54, 1.807) is 12.1 Å². The van der Waals surface area contributed by atoms with Gasteiger partial charge in [-0.3, -0.25) is 0 Å². The van der Waals surface area contributed by atoms with Gasteiger partial charge in [0.15, 0.2) is 0 Å². The molecule has 0 fully saturated rings. The third-order valence-electron chi connectivity index (χ3n) is 1.27. The van der Waals surface area contributed by atoms with Gasteiger partial charge in [0.2, 0.25) is 0 Å². The Kier molecular flexibility index (Phi) is 2.80. The Morgan fingerprint density at radius 3 is 2.82 bits per heavy atom. The van der Waals surface area contributed by atoms with Crippen LogP contribution in [0, 0.1) is 6.92 Å². The minimum absolute atomic E-state index is 0.458. The van der Waals surface area contributed by atoms with Crippen molar-refractivity contribution >= 4 is 19.3 Å². The van der Waals surface area contributed by atoms with Crippen LogP contribution in [0.25, 0.3) is 0 Å². The summed E-state index contributed by atoms with van der Waals surface area (Å²) in [6.07, 6.45) is 0. The fourth-order valence-electron chi connectivity index (χ4n) is 0.758. The molecule has 1 radical (unpaired) electrons.